The van der Waals surface area contributed by atoms with Crippen LogP contribution in [0.3, 0.4) is 0 Å². The predicted molar refractivity (Wildman–Crippen MR) is 108 cm³/mol. The minimum atomic E-state index is 0.510. The van der Waals surface area contributed by atoms with Gasteiger partial charge in [-0.3, -0.25) is 0 Å². The van der Waals surface area contributed by atoms with Crippen LogP contribution in [0.25, 0.3) is 0 Å². The first kappa shape index (κ1) is 21.4. The molecule has 0 fully saturated rings. The Labute approximate surface area is 145 Å². The number of hydrogen-bond acceptors (Lipinski definition) is 0. The quantitative estimate of drug-likeness (QED) is 0.345. The summed E-state index contributed by atoms with van der Waals surface area (Å²) in [7, 11) is 0. The first-order valence-corrected chi connectivity index (χ1v) is 8.86. The number of hydrogen-bond donors (Lipinski definition) is 0. The normalized spacial score (nSPS) is 13.4. The molecule has 0 bridgehead atoms. The summed E-state index contributed by atoms with van der Waals surface area (Å²) in [6.45, 7) is 27.7. The van der Waals surface area contributed by atoms with Gasteiger partial charge >= 0.3 is 0 Å². The van der Waals surface area contributed by atoms with Crippen LogP contribution in [-0.2, 0) is 0 Å². The zero-order valence-electron chi connectivity index (χ0n) is 16.0. The standard InChI is InChI=1S/C23H36/c1-10-18(5)16-23(11-2)22(9)21(8)15-14-20(7)19(6)13-12-17(3)4/h14-17,19H,5,7-13H2,1-4,6H3/b15-14-,23-16-. The second-order valence-corrected chi connectivity index (χ2v) is 6.82. The fourth-order valence-electron chi connectivity index (χ4n) is 2.20. The maximum absolute atomic E-state index is 4.21. The molecule has 0 aliphatic rings. The average Bonchev–Trinajstić information content (AvgIpc) is 2.53. The molecule has 0 aliphatic carbocycles. The fourth-order valence-corrected chi connectivity index (χ4v) is 2.20. The monoisotopic (exact) mass is 312 g/mol. The Morgan fingerprint density at radius 1 is 0.870 bits per heavy atom. The first-order chi connectivity index (χ1) is 10.7. The minimum Gasteiger partial charge on any atom is -0.0958 e. The molecule has 0 aliphatic heterocycles. The summed E-state index contributed by atoms with van der Waals surface area (Å²) in [5.74, 6) is 1.25. The molecule has 0 aromatic rings. The molecule has 0 spiro atoms. The lowest BCUT2D eigenvalue weighted by Crippen LogP contribution is -1.99. The Bertz CT molecular complexity index is 494. The van der Waals surface area contributed by atoms with Crippen LogP contribution in [0.4, 0.5) is 0 Å². The summed E-state index contributed by atoms with van der Waals surface area (Å²) in [4.78, 5) is 0. The van der Waals surface area contributed by atoms with E-state index in [9.17, 15) is 0 Å². The van der Waals surface area contributed by atoms with Gasteiger partial charge in [-0.1, -0.05) is 96.7 Å². The summed E-state index contributed by atoms with van der Waals surface area (Å²) >= 11 is 0. The molecule has 0 heterocycles. The van der Waals surface area contributed by atoms with Crippen molar-refractivity contribution < 1.29 is 0 Å². The zero-order chi connectivity index (χ0) is 18.0. The van der Waals surface area contributed by atoms with E-state index in [1.54, 1.807) is 0 Å². The molecule has 0 aromatic carbocycles. The maximum Gasteiger partial charge on any atom is -0.0196 e. The van der Waals surface area contributed by atoms with E-state index in [-0.39, 0.29) is 0 Å². The van der Waals surface area contributed by atoms with E-state index in [0.717, 1.165) is 35.5 Å². The third-order valence-electron chi connectivity index (χ3n) is 4.30. The van der Waals surface area contributed by atoms with Gasteiger partial charge in [0.1, 0.15) is 0 Å². The van der Waals surface area contributed by atoms with Gasteiger partial charge in [0.05, 0.1) is 0 Å². The topological polar surface area (TPSA) is 0 Å². The van der Waals surface area contributed by atoms with Gasteiger partial charge in [-0.05, 0) is 47.8 Å². The summed E-state index contributed by atoms with van der Waals surface area (Å²) in [6, 6.07) is 0. The Hall–Kier alpha value is -1.56. The SMILES string of the molecule is C=C(/C=C(/CC)C(=C)C(=C)/C=C\C(=C)C(C)CCC(C)C)CC. The Balaban J connectivity index is 4.78. The van der Waals surface area contributed by atoms with Crippen LogP contribution in [0, 0.1) is 11.8 Å². The smallest absolute Gasteiger partial charge is 0.0196 e. The van der Waals surface area contributed by atoms with Crippen molar-refractivity contribution in [3.63, 3.8) is 0 Å². The average molecular weight is 313 g/mol. The van der Waals surface area contributed by atoms with Gasteiger partial charge in [0.2, 0.25) is 0 Å². The fraction of sp³-hybridized carbons (Fsp3) is 0.478. The molecule has 1 unspecified atom stereocenters. The van der Waals surface area contributed by atoms with Crippen molar-refractivity contribution in [3.8, 4) is 0 Å². The van der Waals surface area contributed by atoms with Crippen LogP contribution < -0.4 is 0 Å². The van der Waals surface area contributed by atoms with Crippen LogP contribution in [0.2, 0.25) is 0 Å². The van der Waals surface area contributed by atoms with E-state index in [1.807, 2.05) is 0 Å². The minimum absolute atomic E-state index is 0.510. The molecule has 23 heavy (non-hydrogen) atoms. The molecule has 0 amide bonds. The van der Waals surface area contributed by atoms with Crippen LogP contribution in [0.15, 0.2) is 72.4 Å². The highest BCUT2D eigenvalue weighted by atomic mass is 14.1. The van der Waals surface area contributed by atoms with E-state index in [0.29, 0.717) is 5.92 Å². The van der Waals surface area contributed by atoms with E-state index in [4.69, 9.17) is 0 Å². The second-order valence-electron chi connectivity index (χ2n) is 6.82. The molecule has 0 nitrogen and oxygen atoms in total. The molecule has 0 radical (unpaired) electrons. The highest BCUT2D eigenvalue weighted by Crippen LogP contribution is 2.24. The zero-order valence-corrected chi connectivity index (χ0v) is 16.0. The predicted octanol–water partition coefficient (Wildman–Crippen LogP) is 7.59. The highest BCUT2D eigenvalue weighted by Gasteiger charge is 2.07. The van der Waals surface area contributed by atoms with E-state index in [1.165, 1.54) is 24.0 Å². The van der Waals surface area contributed by atoms with E-state index in [2.05, 4.69) is 79.2 Å². The lowest BCUT2D eigenvalue weighted by Gasteiger charge is -2.14. The molecule has 0 saturated heterocycles. The Kier molecular flexibility index (Phi) is 10.3. The van der Waals surface area contributed by atoms with Crippen LogP contribution >= 0.6 is 0 Å². The van der Waals surface area contributed by atoms with Gasteiger partial charge in [-0.2, -0.15) is 0 Å². The van der Waals surface area contributed by atoms with Gasteiger partial charge < -0.3 is 0 Å². The largest absolute Gasteiger partial charge is 0.0958 e. The summed E-state index contributed by atoms with van der Waals surface area (Å²) in [5, 5.41) is 0. The van der Waals surface area contributed by atoms with E-state index < -0.39 is 0 Å². The Morgan fingerprint density at radius 3 is 1.96 bits per heavy atom. The third-order valence-corrected chi connectivity index (χ3v) is 4.30. The molecule has 0 heteroatoms. The highest BCUT2D eigenvalue weighted by molar-refractivity contribution is 5.51. The van der Waals surface area contributed by atoms with Gasteiger partial charge in [0, 0.05) is 0 Å². The lowest BCUT2D eigenvalue weighted by atomic mass is 9.92. The first-order valence-electron chi connectivity index (χ1n) is 8.86. The third kappa shape index (κ3) is 8.59. The van der Waals surface area contributed by atoms with Gasteiger partial charge in [-0.25, -0.2) is 0 Å². The van der Waals surface area contributed by atoms with Crippen molar-refractivity contribution in [2.45, 2.75) is 60.3 Å². The van der Waals surface area contributed by atoms with Crippen LogP contribution in [0.5, 0.6) is 0 Å². The molecular formula is C23H36. The van der Waals surface area contributed by atoms with Crippen molar-refractivity contribution >= 4 is 0 Å². The number of rotatable bonds is 11. The van der Waals surface area contributed by atoms with Gasteiger partial charge in [0.15, 0.2) is 0 Å². The second kappa shape index (κ2) is 11.0. The van der Waals surface area contributed by atoms with Crippen LogP contribution in [0.1, 0.15) is 60.3 Å². The molecule has 0 N–H and O–H groups in total. The molecular weight excluding hydrogens is 276 g/mol. The maximum atomic E-state index is 4.21. The van der Waals surface area contributed by atoms with Crippen molar-refractivity contribution in [2.24, 2.45) is 11.8 Å². The summed E-state index contributed by atoms with van der Waals surface area (Å²) in [5.41, 5.74) is 5.47. The van der Waals surface area contributed by atoms with Crippen molar-refractivity contribution in [2.75, 3.05) is 0 Å². The van der Waals surface area contributed by atoms with Crippen molar-refractivity contribution in [3.05, 3.63) is 72.4 Å². The number of allylic oxidation sites excluding steroid dienone is 8. The molecule has 0 aromatic heterocycles. The summed E-state index contributed by atoms with van der Waals surface area (Å²) < 4.78 is 0. The molecule has 0 saturated carbocycles. The Morgan fingerprint density at radius 2 is 1.48 bits per heavy atom. The lowest BCUT2D eigenvalue weighted by molar-refractivity contribution is 0.494. The van der Waals surface area contributed by atoms with Gasteiger partial charge in [0.25, 0.3) is 0 Å². The summed E-state index contributed by atoms with van der Waals surface area (Å²) in [6.07, 6.45) is 10.6. The molecule has 128 valence electrons. The van der Waals surface area contributed by atoms with Gasteiger partial charge in [-0.15, -0.1) is 0 Å². The van der Waals surface area contributed by atoms with Crippen LogP contribution in [-0.4, -0.2) is 0 Å². The van der Waals surface area contributed by atoms with Crippen molar-refractivity contribution in [1.82, 2.24) is 0 Å². The molecule has 1 atom stereocenters. The van der Waals surface area contributed by atoms with E-state index >= 15 is 0 Å². The van der Waals surface area contributed by atoms with Crippen molar-refractivity contribution in [1.29, 1.82) is 0 Å². The molecule has 0 rings (SSSR count).